The van der Waals surface area contributed by atoms with Gasteiger partial charge in [-0.2, -0.15) is 0 Å². The summed E-state index contributed by atoms with van der Waals surface area (Å²) in [5.74, 6) is -2.39. The van der Waals surface area contributed by atoms with Gasteiger partial charge >= 0.3 is 6.09 Å². The quantitative estimate of drug-likeness (QED) is 0.125. The number of halogens is 2. The maximum absolute atomic E-state index is 14.5. The number of aromatic nitrogens is 1. The molecule has 1 aliphatic rings. The van der Waals surface area contributed by atoms with Crippen LogP contribution < -0.4 is 26.0 Å². The molecule has 0 saturated carbocycles. The minimum atomic E-state index is -1.56. The Morgan fingerprint density at radius 1 is 1.00 bits per heavy atom. The molecular weight excluding hydrogens is 649 g/mol. The van der Waals surface area contributed by atoms with Crippen molar-refractivity contribution >= 4 is 63.6 Å². The molecule has 7 N–H and O–H groups in total. The minimum Gasteiger partial charge on any atom is -0.504 e. The van der Waals surface area contributed by atoms with Crippen molar-refractivity contribution < 1.29 is 34.1 Å². The molecule has 14 heteroatoms. The molecule has 47 heavy (non-hydrogen) atoms. The number of phenolic OH excluding ortho intramolecular Hbond substituents is 1. The average Bonchev–Trinajstić information content (AvgIpc) is 3.39. The molecule has 0 spiro atoms. The van der Waals surface area contributed by atoms with E-state index in [9.17, 15) is 29.4 Å². The number of ether oxygens (including phenoxy) is 1. The van der Waals surface area contributed by atoms with Gasteiger partial charge in [-0.25, -0.2) is 4.79 Å². The van der Waals surface area contributed by atoms with Crippen LogP contribution in [0.2, 0.25) is 10.0 Å². The Kier molecular flexibility index (Phi) is 11.2. The van der Waals surface area contributed by atoms with Crippen molar-refractivity contribution in [1.82, 2.24) is 20.9 Å². The second-order valence-electron chi connectivity index (χ2n) is 12.2. The van der Waals surface area contributed by atoms with E-state index in [0.29, 0.717) is 45.9 Å². The molecule has 0 bridgehead atoms. The summed E-state index contributed by atoms with van der Waals surface area (Å²) in [5, 5.41) is 31.9. The Morgan fingerprint density at radius 3 is 2.28 bits per heavy atom. The number of aromatic hydroxyl groups is 1. The number of methoxy groups -OCH3 is 1. The van der Waals surface area contributed by atoms with E-state index >= 15 is 0 Å². The number of amides is 4. The van der Waals surface area contributed by atoms with Crippen molar-refractivity contribution in [3.8, 4) is 11.5 Å². The monoisotopic (exact) mass is 689 g/mol. The van der Waals surface area contributed by atoms with Crippen molar-refractivity contribution in [3.05, 3.63) is 51.6 Å². The molecule has 0 saturated heterocycles. The number of phenols is 1. The number of H-pyrrole nitrogens is 1. The van der Waals surface area contributed by atoms with Crippen LogP contribution in [0.5, 0.6) is 11.5 Å². The van der Waals surface area contributed by atoms with Crippen LogP contribution >= 0.6 is 23.2 Å². The summed E-state index contributed by atoms with van der Waals surface area (Å²) >= 11 is 12.8. The summed E-state index contributed by atoms with van der Waals surface area (Å²) in [7, 11) is 1.39. The van der Waals surface area contributed by atoms with Gasteiger partial charge in [-0.1, -0.05) is 63.7 Å². The Labute approximate surface area is 282 Å². The molecule has 2 aromatic carbocycles. The number of carboxylic acid groups (broad SMARTS) is 1. The van der Waals surface area contributed by atoms with Gasteiger partial charge in [-0.05, 0) is 54.5 Å². The first-order valence-electron chi connectivity index (χ1n) is 15.5. The number of aryl methyl sites for hydroxylation is 1. The van der Waals surface area contributed by atoms with E-state index in [1.165, 1.54) is 25.3 Å². The fraction of sp³-hybridized carbons (Fsp3) is 0.455. The molecule has 1 heterocycles. The highest BCUT2D eigenvalue weighted by atomic mass is 35.5. The van der Waals surface area contributed by atoms with Crippen molar-refractivity contribution in [1.29, 1.82) is 0 Å². The van der Waals surface area contributed by atoms with E-state index in [2.05, 4.69) is 26.3 Å². The standard InChI is InChI=1S/C33H41Cl2N5O7/c1-6-16(3)26(29(42)36-19-8-9-24(41)25(14-19)47-5)38-31(44)33(40-30(43)27(17(4)7-2)39-32(45)46)11-10-23-21(15-33)20-12-18(34)13-22(35)28(20)37-23/h8-9,12-14,16-17,26-27,37,39,41H,6-7,10-11,15H2,1-5H3,(H,36,42)(H,38,44)(H,40,43)(H,45,46)/t16?,17?,26-,27-,33-/m0/s1. The summed E-state index contributed by atoms with van der Waals surface area (Å²) in [6, 6.07) is 5.56. The SMILES string of the molecule is CCC(C)[C@H](NC(=O)O)C(=O)N[C@@]1(C(=O)N[C@H](C(=O)Nc2ccc(O)c(OC)c2)C(C)CC)CCc2[nH]c3c(Cl)cc(Cl)cc3c2C1. The lowest BCUT2D eigenvalue weighted by Crippen LogP contribution is -2.67. The molecular formula is C33H41Cl2N5O7. The molecule has 4 amide bonds. The van der Waals surface area contributed by atoms with E-state index in [0.717, 1.165) is 11.3 Å². The van der Waals surface area contributed by atoms with E-state index in [4.69, 9.17) is 27.9 Å². The number of hydrogen-bond donors (Lipinski definition) is 7. The maximum Gasteiger partial charge on any atom is 0.405 e. The van der Waals surface area contributed by atoms with Crippen LogP contribution in [-0.2, 0) is 27.2 Å². The van der Waals surface area contributed by atoms with Crippen LogP contribution in [0.1, 0.15) is 58.2 Å². The van der Waals surface area contributed by atoms with Crippen LogP contribution in [0, 0.1) is 11.8 Å². The minimum absolute atomic E-state index is 0.0287. The largest absolute Gasteiger partial charge is 0.504 e. The molecule has 0 radical (unpaired) electrons. The summed E-state index contributed by atoms with van der Waals surface area (Å²) in [6.07, 6.45) is 0.203. The molecule has 12 nitrogen and oxygen atoms in total. The van der Waals surface area contributed by atoms with Gasteiger partial charge in [0, 0.05) is 34.3 Å². The zero-order valence-electron chi connectivity index (χ0n) is 26.9. The highest BCUT2D eigenvalue weighted by molar-refractivity contribution is 6.38. The molecule has 0 fully saturated rings. The molecule has 5 atom stereocenters. The van der Waals surface area contributed by atoms with Crippen LogP contribution in [0.15, 0.2) is 30.3 Å². The van der Waals surface area contributed by atoms with Crippen LogP contribution in [0.3, 0.4) is 0 Å². The highest BCUT2D eigenvalue weighted by Gasteiger charge is 2.47. The van der Waals surface area contributed by atoms with Crippen molar-refractivity contribution in [2.45, 2.75) is 77.4 Å². The predicted octanol–water partition coefficient (Wildman–Crippen LogP) is 5.38. The number of carbonyl (C=O) groups excluding carboxylic acids is 3. The van der Waals surface area contributed by atoms with Crippen molar-refractivity contribution in [2.24, 2.45) is 11.8 Å². The molecule has 0 aliphatic heterocycles. The molecule has 1 aliphatic carbocycles. The molecule has 4 rings (SSSR count). The number of benzene rings is 2. The normalized spacial score (nSPS) is 18.3. The van der Waals surface area contributed by atoms with Gasteiger partial charge in [0.15, 0.2) is 11.5 Å². The predicted molar refractivity (Wildman–Crippen MR) is 180 cm³/mol. The lowest BCUT2D eigenvalue weighted by molar-refractivity contribution is -0.137. The summed E-state index contributed by atoms with van der Waals surface area (Å²) in [5.41, 5.74) is 1.00. The summed E-state index contributed by atoms with van der Waals surface area (Å²) in [4.78, 5) is 57.0. The van der Waals surface area contributed by atoms with Gasteiger partial charge in [0.25, 0.3) is 0 Å². The lowest BCUT2D eigenvalue weighted by Gasteiger charge is -2.39. The number of fused-ring (bicyclic) bond motifs is 3. The maximum atomic E-state index is 14.5. The zero-order chi connectivity index (χ0) is 34.6. The van der Waals surface area contributed by atoms with Gasteiger partial charge in [-0.3, -0.25) is 14.4 Å². The third-order valence-corrected chi connectivity index (χ3v) is 9.62. The van der Waals surface area contributed by atoms with E-state index < -0.39 is 41.4 Å². The van der Waals surface area contributed by atoms with Crippen molar-refractivity contribution in [2.75, 3.05) is 12.4 Å². The second-order valence-corrected chi connectivity index (χ2v) is 13.0. The summed E-state index contributed by atoms with van der Waals surface area (Å²) < 4.78 is 5.15. The first kappa shape index (κ1) is 35.7. The van der Waals surface area contributed by atoms with E-state index in [1.807, 2.05) is 20.8 Å². The van der Waals surface area contributed by atoms with Gasteiger partial charge in [0.05, 0.1) is 17.6 Å². The van der Waals surface area contributed by atoms with E-state index in [1.54, 1.807) is 19.1 Å². The van der Waals surface area contributed by atoms with Crippen LogP contribution in [-0.4, -0.2) is 63.7 Å². The van der Waals surface area contributed by atoms with Gasteiger partial charge in [-0.15, -0.1) is 0 Å². The summed E-state index contributed by atoms with van der Waals surface area (Å²) in [6.45, 7) is 7.30. The fourth-order valence-corrected chi connectivity index (χ4v) is 6.47. The molecule has 254 valence electrons. The van der Waals surface area contributed by atoms with Gasteiger partial charge < -0.3 is 41.2 Å². The zero-order valence-corrected chi connectivity index (χ0v) is 28.4. The fourth-order valence-electron chi connectivity index (χ4n) is 5.93. The third-order valence-electron chi connectivity index (χ3n) is 9.10. The Hall–Kier alpha value is -4.16. The molecule has 1 aromatic heterocycles. The number of carbonyl (C=O) groups is 4. The smallest absolute Gasteiger partial charge is 0.405 e. The van der Waals surface area contributed by atoms with Gasteiger partial charge in [0.2, 0.25) is 17.7 Å². The van der Waals surface area contributed by atoms with Crippen LogP contribution in [0.25, 0.3) is 10.9 Å². The van der Waals surface area contributed by atoms with Gasteiger partial charge in [0.1, 0.15) is 17.6 Å². The first-order valence-corrected chi connectivity index (χ1v) is 16.3. The Bertz CT molecular complexity index is 1680. The number of nitrogens with one attached hydrogen (secondary N) is 5. The number of anilines is 1. The highest BCUT2D eigenvalue weighted by Crippen LogP contribution is 2.38. The number of hydrogen-bond acceptors (Lipinski definition) is 6. The molecule has 2 unspecified atom stereocenters. The Morgan fingerprint density at radius 2 is 1.66 bits per heavy atom. The number of aromatic amines is 1. The Balaban J connectivity index is 1.73. The second kappa shape index (κ2) is 14.7. The topological polar surface area (TPSA) is 182 Å². The molecule has 3 aromatic rings. The average molecular weight is 691 g/mol. The van der Waals surface area contributed by atoms with Crippen LogP contribution in [0.4, 0.5) is 10.5 Å². The van der Waals surface area contributed by atoms with E-state index in [-0.39, 0.29) is 36.2 Å². The lowest BCUT2D eigenvalue weighted by atomic mass is 9.78. The first-order chi connectivity index (χ1) is 22.2. The van der Waals surface area contributed by atoms with Crippen molar-refractivity contribution in [3.63, 3.8) is 0 Å². The number of rotatable bonds is 12. The third kappa shape index (κ3) is 7.70.